The zero-order valence-corrected chi connectivity index (χ0v) is 9.61. The van der Waals surface area contributed by atoms with Crippen LogP contribution in [0.2, 0.25) is 0 Å². The van der Waals surface area contributed by atoms with Crippen LogP contribution in [0, 0.1) is 6.92 Å². The molecule has 84 valence electrons. The molecule has 2 heterocycles. The van der Waals surface area contributed by atoms with Crippen LogP contribution in [0.5, 0.6) is 0 Å². The van der Waals surface area contributed by atoms with Crippen molar-refractivity contribution < 1.29 is 0 Å². The Morgan fingerprint density at radius 3 is 2.88 bits per heavy atom. The molecule has 2 N–H and O–H groups in total. The van der Waals surface area contributed by atoms with Crippen molar-refractivity contribution in [2.75, 3.05) is 0 Å². The first-order valence-electron chi connectivity index (χ1n) is 5.97. The lowest BCUT2D eigenvalue weighted by atomic mass is 9.85. The second-order valence-corrected chi connectivity index (χ2v) is 4.68. The largest absolute Gasteiger partial charge is 0.326 e. The number of hydrogen-bond donors (Lipinski definition) is 1. The van der Waals surface area contributed by atoms with Crippen molar-refractivity contribution in [3.8, 4) is 0 Å². The number of nitrogens with zero attached hydrogens (tertiary/aromatic N) is 2. The first-order chi connectivity index (χ1) is 7.79. The van der Waals surface area contributed by atoms with Crippen LogP contribution in [0.25, 0.3) is 5.52 Å². The van der Waals surface area contributed by atoms with Gasteiger partial charge in [-0.25, -0.2) is 4.98 Å². The van der Waals surface area contributed by atoms with Crippen LogP contribution in [0.15, 0.2) is 18.3 Å². The van der Waals surface area contributed by atoms with Crippen molar-refractivity contribution in [3.63, 3.8) is 0 Å². The minimum Gasteiger partial charge on any atom is -0.326 e. The van der Waals surface area contributed by atoms with E-state index < -0.39 is 0 Å². The first kappa shape index (κ1) is 9.85. The normalized spacial score (nSPS) is 16.6. The van der Waals surface area contributed by atoms with E-state index in [4.69, 9.17) is 10.7 Å². The third kappa shape index (κ3) is 1.35. The Morgan fingerprint density at radius 1 is 1.44 bits per heavy atom. The first-order valence-corrected chi connectivity index (χ1v) is 5.97. The zero-order chi connectivity index (χ0) is 11.1. The van der Waals surface area contributed by atoms with Crippen molar-refractivity contribution >= 4 is 5.52 Å². The number of aryl methyl sites for hydroxylation is 1. The maximum atomic E-state index is 5.69. The van der Waals surface area contributed by atoms with Gasteiger partial charge >= 0.3 is 0 Å². The smallest absolute Gasteiger partial charge is 0.116 e. The standard InChI is InChI=1S/C13H17N3/c1-9-12-6-5-10(7-14)8-16(12)13(15-9)11-3-2-4-11/h5-6,8,11H,2-4,7,14H2,1H3. The molecule has 0 bridgehead atoms. The fourth-order valence-corrected chi connectivity index (χ4v) is 2.39. The van der Waals surface area contributed by atoms with Crippen LogP contribution in [0.3, 0.4) is 0 Å². The van der Waals surface area contributed by atoms with Gasteiger partial charge in [-0.3, -0.25) is 0 Å². The van der Waals surface area contributed by atoms with E-state index in [2.05, 4.69) is 29.7 Å². The number of imidazole rings is 1. The minimum absolute atomic E-state index is 0.595. The second-order valence-electron chi connectivity index (χ2n) is 4.68. The van der Waals surface area contributed by atoms with E-state index in [0.717, 1.165) is 5.69 Å². The highest BCUT2D eigenvalue weighted by Crippen LogP contribution is 2.36. The lowest BCUT2D eigenvalue weighted by molar-refractivity contribution is 0.400. The molecule has 0 atom stereocenters. The molecular formula is C13H17N3. The molecule has 2 aromatic heterocycles. The van der Waals surface area contributed by atoms with Gasteiger partial charge in [0, 0.05) is 18.7 Å². The number of pyridine rings is 1. The molecule has 0 saturated heterocycles. The van der Waals surface area contributed by atoms with Crippen molar-refractivity contribution in [3.05, 3.63) is 35.4 Å². The number of hydrogen-bond acceptors (Lipinski definition) is 2. The molecule has 0 aromatic carbocycles. The second kappa shape index (κ2) is 3.59. The zero-order valence-electron chi connectivity index (χ0n) is 9.61. The van der Waals surface area contributed by atoms with E-state index in [-0.39, 0.29) is 0 Å². The average Bonchev–Trinajstić information content (AvgIpc) is 2.54. The van der Waals surface area contributed by atoms with Gasteiger partial charge in [-0.1, -0.05) is 12.5 Å². The van der Waals surface area contributed by atoms with Crippen LogP contribution < -0.4 is 5.73 Å². The van der Waals surface area contributed by atoms with Gasteiger partial charge < -0.3 is 10.1 Å². The van der Waals surface area contributed by atoms with E-state index >= 15 is 0 Å². The number of nitrogens with two attached hydrogens (primary N) is 1. The molecule has 3 heteroatoms. The molecule has 3 rings (SSSR count). The third-order valence-corrected chi connectivity index (χ3v) is 3.62. The van der Waals surface area contributed by atoms with E-state index in [1.807, 2.05) is 0 Å². The maximum Gasteiger partial charge on any atom is 0.116 e. The Morgan fingerprint density at radius 2 is 2.25 bits per heavy atom. The lowest BCUT2D eigenvalue weighted by Gasteiger charge is -2.24. The Hall–Kier alpha value is -1.35. The third-order valence-electron chi connectivity index (χ3n) is 3.62. The molecule has 1 aliphatic carbocycles. The summed E-state index contributed by atoms with van der Waals surface area (Å²) in [5.41, 5.74) is 9.21. The van der Waals surface area contributed by atoms with E-state index in [1.165, 1.54) is 36.2 Å². The van der Waals surface area contributed by atoms with Gasteiger partial charge in [-0.2, -0.15) is 0 Å². The van der Waals surface area contributed by atoms with E-state index in [1.54, 1.807) is 0 Å². The lowest BCUT2D eigenvalue weighted by Crippen LogP contribution is -2.12. The Labute approximate surface area is 95.3 Å². The summed E-state index contributed by atoms with van der Waals surface area (Å²) in [6, 6.07) is 4.22. The molecule has 16 heavy (non-hydrogen) atoms. The average molecular weight is 215 g/mol. The molecule has 1 fully saturated rings. The summed E-state index contributed by atoms with van der Waals surface area (Å²) in [6.45, 7) is 2.68. The van der Waals surface area contributed by atoms with Gasteiger partial charge in [-0.05, 0) is 31.4 Å². The van der Waals surface area contributed by atoms with Crippen molar-refractivity contribution in [1.82, 2.24) is 9.38 Å². The maximum absolute atomic E-state index is 5.69. The Balaban J connectivity index is 2.19. The van der Waals surface area contributed by atoms with Gasteiger partial charge in [0.25, 0.3) is 0 Å². The topological polar surface area (TPSA) is 43.3 Å². The quantitative estimate of drug-likeness (QED) is 0.835. The van der Waals surface area contributed by atoms with Gasteiger partial charge in [0.05, 0.1) is 11.2 Å². The summed E-state index contributed by atoms with van der Waals surface area (Å²) in [6.07, 6.45) is 6.05. The SMILES string of the molecule is Cc1nc(C2CCC2)n2cc(CN)ccc12. The van der Waals surface area contributed by atoms with Crippen molar-refractivity contribution in [2.45, 2.75) is 38.6 Å². The molecule has 0 amide bonds. The highest BCUT2D eigenvalue weighted by atomic mass is 15.0. The minimum atomic E-state index is 0.595. The summed E-state index contributed by atoms with van der Waals surface area (Å²) in [4.78, 5) is 4.71. The fraction of sp³-hybridized carbons (Fsp3) is 0.462. The number of aromatic nitrogens is 2. The van der Waals surface area contributed by atoms with Gasteiger partial charge in [-0.15, -0.1) is 0 Å². The molecule has 1 saturated carbocycles. The Kier molecular flexibility index (Phi) is 2.21. The van der Waals surface area contributed by atoms with Crippen LogP contribution >= 0.6 is 0 Å². The highest BCUT2D eigenvalue weighted by Gasteiger charge is 2.24. The van der Waals surface area contributed by atoms with E-state index in [9.17, 15) is 0 Å². The van der Waals surface area contributed by atoms with Crippen LogP contribution in [0.4, 0.5) is 0 Å². The molecule has 3 nitrogen and oxygen atoms in total. The Bertz CT molecular complexity index is 523. The van der Waals surface area contributed by atoms with Crippen molar-refractivity contribution in [2.24, 2.45) is 5.73 Å². The van der Waals surface area contributed by atoms with Crippen LogP contribution in [-0.4, -0.2) is 9.38 Å². The molecule has 2 aromatic rings. The highest BCUT2D eigenvalue weighted by molar-refractivity contribution is 5.54. The van der Waals surface area contributed by atoms with E-state index in [0.29, 0.717) is 12.5 Å². The summed E-state index contributed by atoms with van der Waals surface area (Å²) in [5, 5.41) is 0. The summed E-state index contributed by atoms with van der Waals surface area (Å²) < 4.78 is 2.24. The predicted octanol–water partition coefficient (Wildman–Crippen LogP) is 2.37. The predicted molar refractivity (Wildman–Crippen MR) is 64.4 cm³/mol. The summed E-state index contributed by atoms with van der Waals surface area (Å²) >= 11 is 0. The molecule has 0 aliphatic heterocycles. The molecule has 0 spiro atoms. The van der Waals surface area contributed by atoms with Crippen LogP contribution in [-0.2, 0) is 6.54 Å². The molecule has 0 unspecified atom stereocenters. The van der Waals surface area contributed by atoms with Crippen LogP contribution in [0.1, 0.15) is 42.3 Å². The summed E-state index contributed by atoms with van der Waals surface area (Å²) in [7, 11) is 0. The van der Waals surface area contributed by atoms with Gasteiger partial charge in [0.15, 0.2) is 0 Å². The fourth-order valence-electron chi connectivity index (χ4n) is 2.39. The number of fused-ring (bicyclic) bond motifs is 1. The van der Waals surface area contributed by atoms with Gasteiger partial charge in [0.1, 0.15) is 5.82 Å². The summed E-state index contributed by atoms with van der Waals surface area (Å²) in [5.74, 6) is 1.89. The monoisotopic (exact) mass is 215 g/mol. The molecule has 1 aliphatic rings. The molecular weight excluding hydrogens is 198 g/mol. The van der Waals surface area contributed by atoms with Gasteiger partial charge in [0.2, 0.25) is 0 Å². The number of rotatable bonds is 2. The van der Waals surface area contributed by atoms with Crippen molar-refractivity contribution in [1.29, 1.82) is 0 Å². The molecule has 0 radical (unpaired) electrons.